The molecule has 7 heteroatoms. The summed E-state index contributed by atoms with van der Waals surface area (Å²) >= 11 is 0. The SMILES string of the molecule is COC(=O)CC[C@@H](NC(=O)C1CCCN1)C(=O)O. The topological polar surface area (TPSA) is 105 Å². The smallest absolute Gasteiger partial charge is 0.326 e. The van der Waals surface area contributed by atoms with Crippen molar-refractivity contribution in [3.05, 3.63) is 0 Å². The monoisotopic (exact) mass is 258 g/mol. The molecule has 0 saturated carbocycles. The first-order chi connectivity index (χ1) is 8.54. The summed E-state index contributed by atoms with van der Waals surface area (Å²) in [7, 11) is 1.24. The van der Waals surface area contributed by atoms with Gasteiger partial charge in [0, 0.05) is 6.42 Å². The Bertz CT molecular complexity index is 325. The fourth-order valence-corrected chi connectivity index (χ4v) is 1.80. The quantitative estimate of drug-likeness (QED) is 0.542. The van der Waals surface area contributed by atoms with E-state index in [0.29, 0.717) is 6.42 Å². The zero-order valence-corrected chi connectivity index (χ0v) is 10.3. The second-order valence-electron chi connectivity index (χ2n) is 4.16. The molecule has 1 rings (SSSR count). The molecule has 1 saturated heterocycles. The Morgan fingerprint density at radius 1 is 1.50 bits per heavy atom. The number of hydrogen-bond donors (Lipinski definition) is 3. The van der Waals surface area contributed by atoms with Crippen LogP contribution in [-0.4, -0.2) is 48.7 Å². The Hall–Kier alpha value is -1.63. The van der Waals surface area contributed by atoms with Crippen LogP contribution in [-0.2, 0) is 19.1 Å². The molecule has 0 bridgehead atoms. The second kappa shape index (κ2) is 6.95. The van der Waals surface area contributed by atoms with Gasteiger partial charge in [0.05, 0.1) is 13.2 Å². The number of amides is 1. The van der Waals surface area contributed by atoms with Gasteiger partial charge < -0.3 is 20.5 Å². The van der Waals surface area contributed by atoms with E-state index in [1.165, 1.54) is 7.11 Å². The van der Waals surface area contributed by atoms with Crippen LogP contribution in [0.5, 0.6) is 0 Å². The van der Waals surface area contributed by atoms with Gasteiger partial charge in [0.2, 0.25) is 5.91 Å². The highest BCUT2D eigenvalue weighted by Gasteiger charge is 2.27. The average molecular weight is 258 g/mol. The molecule has 3 N–H and O–H groups in total. The number of aliphatic carboxylic acids is 1. The highest BCUT2D eigenvalue weighted by molar-refractivity contribution is 5.87. The first-order valence-electron chi connectivity index (χ1n) is 5.88. The zero-order valence-electron chi connectivity index (χ0n) is 10.3. The zero-order chi connectivity index (χ0) is 13.5. The van der Waals surface area contributed by atoms with E-state index in [4.69, 9.17) is 5.11 Å². The number of rotatable bonds is 6. The van der Waals surface area contributed by atoms with Crippen LogP contribution in [0.2, 0.25) is 0 Å². The number of carboxylic acid groups (broad SMARTS) is 1. The molecule has 0 aromatic rings. The minimum Gasteiger partial charge on any atom is -0.480 e. The average Bonchev–Trinajstić information content (AvgIpc) is 2.87. The number of esters is 1. The summed E-state index contributed by atoms with van der Waals surface area (Å²) in [6.45, 7) is 0.762. The van der Waals surface area contributed by atoms with E-state index in [1.54, 1.807) is 0 Å². The van der Waals surface area contributed by atoms with Crippen molar-refractivity contribution < 1.29 is 24.2 Å². The minimum atomic E-state index is -1.15. The van der Waals surface area contributed by atoms with E-state index in [1.807, 2.05) is 0 Å². The number of carbonyl (C=O) groups is 3. The van der Waals surface area contributed by atoms with E-state index in [0.717, 1.165) is 13.0 Å². The maximum absolute atomic E-state index is 11.7. The lowest BCUT2D eigenvalue weighted by atomic mass is 10.1. The van der Waals surface area contributed by atoms with E-state index in [9.17, 15) is 14.4 Å². The van der Waals surface area contributed by atoms with Gasteiger partial charge in [-0.25, -0.2) is 4.79 Å². The molecule has 7 nitrogen and oxygen atoms in total. The summed E-state index contributed by atoms with van der Waals surface area (Å²) in [6, 6.07) is -1.39. The maximum Gasteiger partial charge on any atom is 0.326 e. The van der Waals surface area contributed by atoms with Crippen LogP contribution in [0.3, 0.4) is 0 Å². The Labute approximate surface area is 105 Å². The third-order valence-electron chi connectivity index (χ3n) is 2.86. The first-order valence-corrected chi connectivity index (χ1v) is 5.88. The molecule has 1 heterocycles. The van der Waals surface area contributed by atoms with E-state index in [2.05, 4.69) is 15.4 Å². The Kier molecular flexibility index (Phi) is 5.57. The molecule has 102 valence electrons. The standard InChI is InChI=1S/C11H18N2O5/c1-18-9(14)5-4-8(11(16)17)13-10(15)7-3-2-6-12-7/h7-8,12H,2-6H2,1H3,(H,13,15)(H,16,17)/t7?,8-/m1/s1. The van der Waals surface area contributed by atoms with Crippen LogP contribution in [0.15, 0.2) is 0 Å². The van der Waals surface area contributed by atoms with Gasteiger partial charge in [-0.15, -0.1) is 0 Å². The lowest BCUT2D eigenvalue weighted by Gasteiger charge is -2.17. The molecule has 1 aliphatic rings. The minimum absolute atomic E-state index is 0.0282. The number of carboxylic acids is 1. The predicted molar refractivity (Wildman–Crippen MR) is 61.8 cm³/mol. The van der Waals surface area contributed by atoms with Crippen LogP contribution >= 0.6 is 0 Å². The van der Waals surface area contributed by atoms with Crippen molar-refractivity contribution in [2.24, 2.45) is 0 Å². The lowest BCUT2D eigenvalue weighted by molar-refractivity contribution is -0.144. The van der Waals surface area contributed by atoms with Gasteiger partial charge in [0.1, 0.15) is 6.04 Å². The number of ether oxygens (including phenoxy) is 1. The van der Waals surface area contributed by atoms with Crippen molar-refractivity contribution in [3.63, 3.8) is 0 Å². The van der Waals surface area contributed by atoms with Crippen molar-refractivity contribution >= 4 is 17.8 Å². The van der Waals surface area contributed by atoms with Gasteiger partial charge >= 0.3 is 11.9 Å². The summed E-state index contributed by atoms with van der Waals surface area (Å²) in [5.41, 5.74) is 0. The van der Waals surface area contributed by atoms with Gasteiger partial charge in [0.25, 0.3) is 0 Å². The van der Waals surface area contributed by atoms with Crippen LogP contribution in [0.1, 0.15) is 25.7 Å². The van der Waals surface area contributed by atoms with Crippen molar-refractivity contribution in [2.75, 3.05) is 13.7 Å². The molecule has 18 heavy (non-hydrogen) atoms. The largest absolute Gasteiger partial charge is 0.480 e. The molecule has 1 amide bonds. The molecular weight excluding hydrogens is 240 g/mol. The summed E-state index contributed by atoms with van der Waals surface area (Å²) in [5, 5.41) is 14.4. The van der Waals surface area contributed by atoms with E-state index >= 15 is 0 Å². The number of nitrogens with one attached hydrogen (secondary N) is 2. The van der Waals surface area contributed by atoms with Crippen LogP contribution < -0.4 is 10.6 Å². The number of methoxy groups -OCH3 is 1. The summed E-state index contributed by atoms with van der Waals surface area (Å²) < 4.78 is 4.43. The summed E-state index contributed by atoms with van der Waals surface area (Å²) in [5.74, 6) is -1.97. The highest BCUT2D eigenvalue weighted by Crippen LogP contribution is 2.06. The Balaban J connectivity index is 2.44. The fraction of sp³-hybridized carbons (Fsp3) is 0.727. The normalized spacial score (nSPS) is 20.2. The van der Waals surface area contributed by atoms with Crippen molar-refractivity contribution in [2.45, 2.75) is 37.8 Å². The van der Waals surface area contributed by atoms with Crippen LogP contribution in [0.4, 0.5) is 0 Å². The third kappa shape index (κ3) is 4.33. The molecule has 1 fully saturated rings. The second-order valence-corrected chi connectivity index (χ2v) is 4.16. The summed E-state index contributed by atoms with van der Waals surface area (Å²) in [6.07, 6.45) is 1.60. The fourth-order valence-electron chi connectivity index (χ4n) is 1.80. The number of hydrogen-bond acceptors (Lipinski definition) is 5. The van der Waals surface area contributed by atoms with Crippen molar-refractivity contribution in [1.82, 2.24) is 10.6 Å². The van der Waals surface area contributed by atoms with Gasteiger partial charge in [-0.1, -0.05) is 0 Å². The third-order valence-corrected chi connectivity index (χ3v) is 2.86. The number of carbonyl (C=O) groups excluding carboxylic acids is 2. The molecule has 0 aliphatic carbocycles. The Morgan fingerprint density at radius 3 is 2.72 bits per heavy atom. The predicted octanol–water partition coefficient (Wildman–Crippen LogP) is -0.739. The molecule has 0 aromatic heterocycles. The molecule has 1 aliphatic heterocycles. The van der Waals surface area contributed by atoms with E-state index in [-0.39, 0.29) is 24.8 Å². The lowest BCUT2D eigenvalue weighted by Crippen LogP contribution is -2.48. The molecule has 2 atom stereocenters. The first kappa shape index (κ1) is 14.4. The highest BCUT2D eigenvalue weighted by atomic mass is 16.5. The van der Waals surface area contributed by atoms with Gasteiger partial charge in [-0.2, -0.15) is 0 Å². The molecule has 0 radical (unpaired) electrons. The van der Waals surface area contributed by atoms with Crippen molar-refractivity contribution in [1.29, 1.82) is 0 Å². The maximum atomic E-state index is 11.7. The molecule has 0 aromatic carbocycles. The molecular formula is C11H18N2O5. The summed E-state index contributed by atoms with van der Waals surface area (Å²) in [4.78, 5) is 33.6. The van der Waals surface area contributed by atoms with E-state index < -0.39 is 18.0 Å². The van der Waals surface area contributed by atoms with Crippen LogP contribution in [0, 0.1) is 0 Å². The molecule has 0 spiro atoms. The van der Waals surface area contributed by atoms with Gasteiger partial charge in [0.15, 0.2) is 0 Å². The molecule has 1 unspecified atom stereocenters. The van der Waals surface area contributed by atoms with Gasteiger partial charge in [-0.3, -0.25) is 9.59 Å². The van der Waals surface area contributed by atoms with Crippen molar-refractivity contribution in [3.8, 4) is 0 Å². The van der Waals surface area contributed by atoms with Crippen LogP contribution in [0.25, 0.3) is 0 Å². The van der Waals surface area contributed by atoms with Gasteiger partial charge in [-0.05, 0) is 25.8 Å². The Morgan fingerprint density at radius 2 is 2.22 bits per heavy atom.